The van der Waals surface area contributed by atoms with Crippen LogP contribution in [0.5, 0.6) is 0 Å². The van der Waals surface area contributed by atoms with Crippen LogP contribution in [0.25, 0.3) is 0 Å². The molecule has 1 amide bonds. The Labute approximate surface area is 120 Å². The zero-order chi connectivity index (χ0) is 14.3. The third-order valence-electron chi connectivity index (χ3n) is 3.43. The van der Waals surface area contributed by atoms with Gasteiger partial charge in [0.25, 0.3) is 0 Å². The molecule has 0 aliphatic carbocycles. The topological polar surface area (TPSA) is 46.3 Å². The Morgan fingerprint density at radius 2 is 2.00 bits per heavy atom. The molecule has 0 bridgehead atoms. The fourth-order valence-corrected chi connectivity index (χ4v) is 2.60. The molecule has 102 valence electrons. The number of halogens is 2. The molecule has 0 saturated carbocycles. The lowest BCUT2D eigenvalue weighted by Gasteiger charge is -2.18. The van der Waals surface area contributed by atoms with Crippen LogP contribution < -0.4 is 10.6 Å². The summed E-state index contributed by atoms with van der Waals surface area (Å²) in [6, 6.07) is 10.7. The highest BCUT2D eigenvalue weighted by Crippen LogP contribution is 2.36. The maximum absolute atomic E-state index is 13.3. The Hall–Kier alpha value is -1.91. The number of hydrogen-bond donors (Lipinski definition) is 1. The second-order valence-corrected chi connectivity index (χ2v) is 5.10. The van der Waals surface area contributed by atoms with Gasteiger partial charge >= 0.3 is 0 Å². The summed E-state index contributed by atoms with van der Waals surface area (Å²) in [5.74, 6) is -0.642. The van der Waals surface area contributed by atoms with Crippen LogP contribution in [0.3, 0.4) is 0 Å². The first-order valence-electron chi connectivity index (χ1n) is 6.18. The largest absolute Gasteiger partial charge is 0.316 e. The summed E-state index contributed by atoms with van der Waals surface area (Å²) < 4.78 is 13.3. The summed E-state index contributed by atoms with van der Waals surface area (Å²) in [6.45, 7) is 0.324. The van der Waals surface area contributed by atoms with Crippen LogP contribution in [0.2, 0.25) is 5.02 Å². The van der Waals surface area contributed by atoms with E-state index in [1.807, 2.05) is 18.2 Å². The van der Waals surface area contributed by atoms with E-state index in [1.54, 1.807) is 17.0 Å². The number of carbonyl (C=O) groups excluding carboxylic acids is 1. The van der Waals surface area contributed by atoms with Crippen molar-refractivity contribution >= 4 is 23.2 Å². The molecule has 0 aromatic heterocycles. The molecule has 0 saturated heterocycles. The van der Waals surface area contributed by atoms with Gasteiger partial charge in [0.15, 0.2) is 0 Å². The standard InChI is InChI=1S/C15H12ClFN2O/c16-12-4-2-1-3-9(12)8-19-13-6-5-10(17)7-11(13)14(18)15(19)20/h1-7,14H,8,18H2/t14-/m0/s1. The monoisotopic (exact) mass is 290 g/mol. The Morgan fingerprint density at radius 1 is 1.25 bits per heavy atom. The zero-order valence-electron chi connectivity index (χ0n) is 10.5. The van der Waals surface area contributed by atoms with Crippen molar-refractivity contribution in [2.45, 2.75) is 12.6 Å². The van der Waals surface area contributed by atoms with Gasteiger partial charge in [-0.05, 0) is 29.8 Å². The van der Waals surface area contributed by atoms with Crippen LogP contribution in [-0.4, -0.2) is 5.91 Å². The smallest absolute Gasteiger partial charge is 0.248 e. The highest BCUT2D eigenvalue weighted by molar-refractivity contribution is 6.31. The average Bonchev–Trinajstić information content (AvgIpc) is 2.66. The molecule has 1 aliphatic rings. The summed E-state index contributed by atoms with van der Waals surface area (Å²) in [5, 5.41) is 0.587. The zero-order valence-corrected chi connectivity index (χ0v) is 11.3. The third-order valence-corrected chi connectivity index (χ3v) is 3.80. The normalized spacial score (nSPS) is 17.4. The van der Waals surface area contributed by atoms with Crippen LogP contribution in [-0.2, 0) is 11.3 Å². The Morgan fingerprint density at radius 3 is 2.75 bits per heavy atom. The fourth-order valence-electron chi connectivity index (χ4n) is 2.40. The number of nitrogens with two attached hydrogens (primary N) is 1. The highest BCUT2D eigenvalue weighted by atomic mass is 35.5. The molecule has 1 aliphatic heterocycles. The number of rotatable bonds is 2. The molecule has 1 atom stereocenters. The minimum absolute atomic E-state index is 0.245. The van der Waals surface area contributed by atoms with Crippen LogP contribution >= 0.6 is 11.6 Å². The molecule has 20 heavy (non-hydrogen) atoms. The van der Waals surface area contributed by atoms with Gasteiger partial charge in [0, 0.05) is 16.3 Å². The second kappa shape index (κ2) is 4.89. The molecule has 3 rings (SSSR count). The summed E-state index contributed by atoms with van der Waals surface area (Å²) in [6.07, 6.45) is 0. The second-order valence-electron chi connectivity index (χ2n) is 4.70. The number of amides is 1. The Balaban J connectivity index is 2.00. The van der Waals surface area contributed by atoms with Crippen LogP contribution in [0.4, 0.5) is 10.1 Å². The van der Waals surface area contributed by atoms with Gasteiger partial charge < -0.3 is 10.6 Å². The SMILES string of the molecule is N[C@@H]1C(=O)N(Cc2ccccc2Cl)c2ccc(F)cc21. The van der Waals surface area contributed by atoms with Crippen molar-refractivity contribution in [3.8, 4) is 0 Å². The van der Waals surface area contributed by atoms with E-state index < -0.39 is 11.9 Å². The minimum atomic E-state index is -0.816. The van der Waals surface area contributed by atoms with Gasteiger partial charge in [-0.25, -0.2) is 4.39 Å². The van der Waals surface area contributed by atoms with E-state index >= 15 is 0 Å². The molecular weight excluding hydrogens is 279 g/mol. The predicted molar refractivity (Wildman–Crippen MR) is 76.0 cm³/mol. The summed E-state index contributed by atoms with van der Waals surface area (Å²) >= 11 is 6.11. The molecule has 1 heterocycles. The maximum Gasteiger partial charge on any atom is 0.248 e. The van der Waals surface area contributed by atoms with Gasteiger partial charge in [0.05, 0.1) is 6.54 Å². The number of benzene rings is 2. The number of hydrogen-bond acceptors (Lipinski definition) is 2. The van der Waals surface area contributed by atoms with Gasteiger partial charge in [0.1, 0.15) is 11.9 Å². The molecular formula is C15H12ClFN2O. The first-order valence-corrected chi connectivity index (χ1v) is 6.55. The third kappa shape index (κ3) is 2.07. The van der Waals surface area contributed by atoms with Crippen LogP contribution in [0.1, 0.15) is 17.2 Å². The fraction of sp³-hybridized carbons (Fsp3) is 0.133. The lowest BCUT2D eigenvalue weighted by molar-refractivity contribution is -0.119. The van der Waals surface area contributed by atoms with Gasteiger partial charge in [-0.2, -0.15) is 0 Å². The lowest BCUT2D eigenvalue weighted by atomic mass is 10.1. The van der Waals surface area contributed by atoms with Crippen molar-refractivity contribution < 1.29 is 9.18 Å². The van der Waals surface area contributed by atoms with Crippen LogP contribution in [0.15, 0.2) is 42.5 Å². The van der Waals surface area contributed by atoms with E-state index in [2.05, 4.69) is 0 Å². The quantitative estimate of drug-likeness (QED) is 0.924. The van der Waals surface area contributed by atoms with Crippen molar-refractivity contribution in [3.05, 3.63) is 64.4 Å². The van der Waals surface area contributed by atoms with Crippen molar-refractivity contribution in [1.29, 1.82) is 0 Å². The van der Waals surface area contributed by atoms with Crippen molar-refractivity contribution in [3.63, 3.8) is 0 Å². The number of carbonyl (C=O) groups is 1. The van der Waals surface area contributed by atoms with Gasteiger partial charge in [-0.1, -0.05) is 29.8 Å². The summed E-state index contributed by atoms with van der Waals surface area (Å²) in [7, 11) is 0. The van der Waals surface area contributed by atoms with Crippen molar-refractivity contribution in [2.75, 3.05) is 4.90 Å². The Kier molecular flexibility index (Phi) is 3.20. The van der Waals surface area contributed by atoms with E-state index in [9.17, 15) is 9.18 Å². The van der Waals surface area contributed by atoms with E-state index in [-0.39, 0.29) is 5.91 Å². The number of fused-ring (bicyclic) bond motifs is 1. The molecule has 2 aromatic rings. The lowest BCUT2D eigenvalue weighted by Crippen LogP contribution is -2.31. The molecule has 0 fully saturated rings. The van der Waals surface area contributed by atoms with E-state index in [0.29, 0.717) is 22.8 Å². The van der Waals surface area contributed by atoms with E-state index in [1.165, 1.54) is 12.1 Å². The average molecular weight is 291 g/mol. The summed E-state index contributed by atoms with van der Waals surface area (Å²) in [5.41, 5.74) is 7.83. The molecule has 2 aromatic carbocycles. The molecule has 0 radical (unpaired) electrons. The molecule has 0 spiro atoms. The van der Waals surface area contributed by atoms with Gasteiger partial charge in [-0.3, -0.25) is 4.79 Å². The minimum Gasteiger partial charge on any atom is -0.316 e. The predicted octanol–water partition coefficient (Wildman–Crippen LogP) is 3.03. The Bertz CT molecular complexity index is 689. The van der Waals surface area contributed by atoms with Gasteiger partial charge in [-0.15, -0.1) is 0 Å². The molecule has 3 nitrogen and oxygen atoms in total. The van der Waals surface area contributed by atoms with Gasteiger partial charge in [0.2, 0.25) is 5.91 Å². The van der Waals surface area contributed by atoms with E-state index in [4.69, 9.17) is 17.3 Å². The molecule has 5 heteroatoms. The van der Waals surface area contributed by atoms with Crippen LogP contribution in [0, 0.1) is 5.82 Å². The molecule has 0 unspecified atom stereocenters. The number of nitrogens with zero attached hydrogens (tertiary/aromatic N) is 1. The highest BCUT2D eigenvalue weighted by Gasteiger charge is 2.35. The first kappa shape index (κ1) is 13.1. The maximum atomic E-state index is 13.3. The van der Waals surface area contributed by atoms with Crippen molar-refractivity contribution in [1.82, 2.24) is 0 Å². The van der Waals surface area contributed by atoms with E-state index in [0.717, 1.165) is 5.56 Å². The first-order chi connectivity index (χ1) is 9.58. The van der Waals surface area contributed by atoms with Crippen molar-refractivity contribution in [2.24, 2.45) is 5.73 Å². The molecule has 2 N–H and O–H groups in total. The number of anilines is 1. The summed E-state index contributed by atoms with van der Waals surface area (Å²) in [4.78, 5) is 13.8.